The molecule has 2 saturated heterocycles. The maximum absolute atomic E-state index is 12.3. The van der Waals surface area contributed by atoms with E-state index in [0.29, 0.717) is 39.3 Å². The zero-order valence-electron chi connectivity index (χ0n) is 15.7. The Bertz CT molecular complexity index is 605. The van der Waals surface area contributed by atoms with E-state index in [4.69, 9.17) is 4.74 Å². The van der Waals surface area contributed by atoms with E-state index in [1.165, 1.54) is 24.9 Å². The van der Waals surface area contributed by atoms with Crippen molar-refractivity contribution in [1.29, 1.82) is 0 Å². The Kier molecular flexibility index (Phi) is 6.50. The van der Waals surface area contributed by atoms with Crippen molar-refractivity contribution in [1.82, 2.24) is 4.90 Å². The zero-order valence-corrected chi connectivity index (χ0v) is 15.7. The Hall–Kier alpha value is -2.08. The molecule has 3 rings (SSSR count). The summed E-state index contributed by atoms with van der Waals surface area (Å²) in [5, 5.41) is 0. The molecule has 2 heterocycles. The molecule has 6 heteroatoms. The van der Waals surface area contributed by atoms with Gasteiger partial charge in [-0.2, -0.15) is 0 Å². The molecular formula is C20H29N3O3. The van der Waals surface area contributed by atoms with Crippen LogP contribution in [0.1, 0.15) is 32.6 Å². The Balaban J connectivity index is 1.60. The zero-order chi connectivity index (χ0) is 18.4. The summed E-state index contributed by atoms with van der Waals surface area (Å²) in [6, 6.07) is 8.15. The van der Waals surface area contributed by atoms with Crippen LogP contribution in [0.2, 0.25) is 0 Å². The van der Waals surface area contributed by atoms with Gasteiger partial charge in [0.15, 0.2) is 0 Å². The number of anilines is 2. The number of benzene rings is 1. The van der Waals surface area contributed by atoms with Gasteiger partial charge in [-0.3, -0.25) is 9.59 Å². The highest BCUT2D eigenvalue weighted by atomic mass is 16.5. The molecule has 0 bridgehead atoms. The van der Waals surface area contributed by atoms with Crippen molar-refractivity contribution in [3.8, 4) is 0 Å². The Morgan fingerprint density at radius 3 is 2.27 bits per heavy atom. The molecule has 6 nitrogen and oxygen atoms in total. The van der Waals surface area contributed by atoms with Gasteiger partial charge in [0.05, 0.1) is 13.2 Å². The molecule has 0 aliphatic carbocycles. The van der Waals surface area contributed by atoms with Gasteiger partial charge >= 0.3 is 0 Å². The van der Waals surface area contributed by atoms with E-state index < -0.39 is 0 Å². The maximum atomic E-state index is 12.3. The number of hydrogen-bond donors (Lipinski definition) is 0. The molecule has 0 N–H and O–H groups in total. The summed E-state index contributed by atoms with van der Waals surface area (Å²) in [5.41, 5.74) is 2.06. The summed E-state index contributed by atoms with van der Waals surface area (Å²) in [5.74, 6) is 0.0509. The monoisotopic (exact) mass is 359 g/mol. The van der Waals surface area contributed by atoms with E-state index >= 15 is 0 Å². The van der Waals surface area contributed by atoms with Crippen LogP contribution in [0, 0.1) is 0 Å². The first-order valence-electron chi connectivity index (χ1n) is 9.64. The summed E-state index contributed by atoms with van der Waals surface area (Å²) < 4.78 is 5.28. The number of carbonyl (C=O) groups is 2. The van der Waals surface area contributed by atoms with Gasteiger partial charge in [0.25, 0.3) is 0 Å². The van der Waals surface area contributed by atoms with Crippen molar-refractivity contribution in [2.24, 2.45) is 0 Å². The van der Waals surface area contributed by atoms with Crippen LogP contribution in [0.5, 0.6) is 0 Å². The van der Waals surface area contributed by atoms with E-state index in [0.717, 1.165) is 18.8 Å². The molecule has 0 unspecified atom stereocenters. The van der Waals surface area contributed by atoms with Gasteiger partial charge in [0.2, 0.25) is 11.8 Å². The minimum atomic E-state index is -0.0366. The van der Waals surface area contributed by atoms with Gasteiger partial charge < -0.3 is 19.4 Å². The molecule has 1 aromatic rings. The van der Waals surface area contributed by atoms with Gasteiger partial charge in [-0.25, -0.2) is 0 Å². The van der Waals surface area contributed by atoms with E-state index in [2.05, 4.69) is 17.0 Å². The van der Waals surface area contributed by atoms with E-state index in [1.54, 1.807) is 11.8 Å². The largest absolute Gasteiger partial charge is 0.378 e. The Morgan fingerprint density at radius 2 is 1.65 bits per heavy atom. The van der Waals surface area contributed by atoms with Crippen LogP contribution in [0.3, 0.4) is 0 Å². The highest BCUT2D eigenvalue weighted by Gasteiger charge is 2.19. The van der Waals surface area contributed by atoms with Crippen LogP contribution >= 0.6 is 0 Å². The van der Waals surface area contributed by atoms with Crippen LogP contribution in [-0.2, 0) is 14.3 Å². The number of nitrogens with zero attached hydrogens (tertiary/aromatic N) is 3. The third-order valence-electron chi connectivity index (χ3n) is 5.18. The third-order valence-corrected chi connectivity index (χ3v) is 5.18. The quantitative estimate of drug-likeness (QED) is 0.809. The molecule has 0 saturated carbocycles. The molecule has 2 aliphatic heterocycles. The number of hydrogen-bond acceptors (Lipinski definition) is 4. The maximum Gasteiger partial charge on any atom is 0.224 e. The van der Waals surface area contributed by atoms with Crippen LogP contribution in [0.15, 0.2) is 24.3 Å². The van der Waals surface area contributed by atoms with Crippen molar-refractivity contribution < 1.29 is 14.3 Å². The normalized spacial score (nSPS) is 17.9. The first-order valence-corrected chi connectivity index (χ1v) is 9.64. The van der Waals surface area contributed by atoms with E-state index in [9.17, 15) is 9.59 Å². The second kappa shape index (κ2) is 9.03. The number of ether oxygens (including phenoxy) is 1. The van der Waals surface area contributed by atoms with Crippen molar-refractivity contribution in [3.05, 3.63) is 24.3 Å². The fourth-order valence-corrected chi connectivity index (χ4v) is 3.64. The summed E-state index contributed by atoms with van der Waals surface area (Å²) in [4.78, 5) is 30.3. The summed E-state index contributed by atoms with van der Waals surface area (Å²) in [7, 11) is 0. The highest BCUT2D eigenvalue weighted by Crippen LogP contribution is 2.24. The predicted octanol–water partition coefficient (Wildman–Crippen LogP) is 2.28. The topological polar surface area (TPSA) is 53.1 Å². The second-order valence-electron chi connectivity index (χ2n) is 6.98. The third kappa shape index (κ3) is 4.75. The Labute approximate surface area is 155 Å². The van der Waals surface area contributed by atoms with Gasteiger partial charge in [0.1, 0.15) is 0 Å². The van der Waals surface area contributed by atoms with Gasteiger partial charge in [-0.05, 0) is 43.5 Å². The van der Waals surface area contributed by atoms with Crippen molar-refractivity contribution in [3.63, 3.8) is 0 Å². The molecule has 26 heavy (non-hydrogen) atoms. The lowest BCUT2D eigenvalue weighted by molar-refractivity contribution is -0.135. The smallest absolute Gasteiger partial charge is 0.224 e. The summed E-state index contributed by atoms with van der Waals surface area (Å²) in [6.45, 7) is 6.65. The molecule has 142 valence electrons. The summed E-state index contributed by atoms with van der Waals surface area (Å²) in [6.07, 6.45) is 4.13. The lowest BCUT2D eigenvalue weighted by atomic mass is 10.1. The molecule has 0 radical (unpaired) electrons. The van der Waals surface area contributed by atoms with Crippen LogP contribution < -0.4 is 9.80 Å². The standard InChI is InChI=1S/C20H29N3O3/c1-17(24)23(12-9-20(25)22-13-15-26-16-14-22)19-7-5-18(6-8-19)21-10-3-2-4-11-21/h5-8H,2-4,9-16H2,1H3. The average molecular weight is 359 g/mol. The fourth-order valence-electron chi connectivity index (χ4n) is 3.64. The highest BCUT2D eigenvalue weighted by molar-refractivity contribution is 5.92. The van der Waals surface area contributed by atoms with Crippen LogP contribution in [0.25, 0.3) is 0 Å². The minimum absolute atomic E-state index is 0.0366. The lowest BCUT2D eigenvalue weighted by Gasteiger charge is -2.30. The van der Waals surface area contributed by atoms with E-state index in [1.807, 2.05) is 17.0 Å². The average Bonchev–Trinajstić information content (AvgIpc) is 2.69. The lowest BCUT2D eigenvalue weighted by Crippen LogP contribution is -2.42. The van der Waals surface area contributed by atoms with Crippen LogP contribution in [-0.4, -0.2) is 62.7 Å². The molecule has 2 fully saturated rings. The minimum Gasteiger partial charge on any atom is -0.378 e. The Morgan fingerprint density at radius 1 is 1.00 bits per heavy atom. The molecule has 0 atom stereocenters. The molecule has 2 amide bonds. The second-order valence-corrected chi connectivity index (χ2v) is 6.98. The molecular weight excluding hydrogens is 330 g/mol. The number of carbonyl (C=O) groups excluding carboxylic acids is 2. The first-order chi connectivity index (χ1) is 12.6. The molecule has 0 aromatic heterocycles. The number of piperidine rings is 1. The summed E-state index contributed by atoms with van der Waals surface area (Å²) >= 11 is 0. The SMILES string of the molecule is CC(=O)N(CCC(=O)N1CCOCC1)c1ccc(N2CCCCC2)cc1. The van der Waals surface area contributed by atoms with Gasteiger partial charge in [-0.15, -0.1) is 0 Å². The van der Waals surface area contributed by atoms with Crippen molar-refractivity contribution in [2.45, 2.75) is 32.6 Å². The van der Waals surface area contributed by atoms with Crippen molar-refractivity contribution >= 4 is 23.2 Å². The number of morpholine rings is 1. The predicted molar refractivity (Wildman–Crippen MR) is 103 cm³/mol. The van der Waals surface area contributed by atoms with Crippen LogP contribution in [0.4, 0.5) is 11.4 Å². The molecule has 0 spiro atoms. The first kappa shape index (κ1) is 18.7. The fraction of sp³-hybridized carbons (Fsp3) is 0.600. The van der Waals surface area contributed by atoms with Gasteiger partial charge in [0, 0.05) is 57.4 Å². The molecule has 1 aromatic carbocycles. The number of amides is 2. The molecule has 2 aliphatic rings. The van der Waals surface area contributed by atoms with Crippen molar-refractivity contribution in [2.75, 3.05) is 55.7 Å². The van der Waals surface area contributed by atoms with E-state index in [-0.39, 0.29) is 11.8 Å². The number of rotatable bonds is 5. The van der Waals surface area contributed by atoms with Gasteiger partial charge in [-0.1, -0.05) is 0 Å².